The predicted octanol–water partition coefficient (Wildman–Crippen LogP) is 3.77. The molecule has 2 aromatic carbocycles. The number of benzene rings is 2. The van der Waals surface area contributed by atoms with Crippen LogP contribution in [-0.4, -0.2) is 37.5 Å². The molecule has 0 unspecified atom stereocenters. The normalized spacial score (nSPS) is 14.2. The Bertz CT molecular complexity index is 1040. The monoisotopic (exact) mass is 390 g/mol. The third-order valence-electron chi connectivity index (χ3n) is 5.42. The number of H-pyrrole nitrogens is 1. The molecule has 3 aromatic rings. The molecule has 0 aliphatic heterocycles. The van der Waals surface area contributed by atoms with Gasteiger partial charge in [-0.1, -0.05) is 36.4 Å². The van der Waals surface area contributed by atoms with Crippen molar-refractivity contribution in [1.82, 2.24) is 10.2 Å². The number of fused-ring (bicyclic) bond motifs is 1. The first-order valence-electron chi connectivity index (χ1n) is 9.25. The summed E-state index contributed by atoms with van der Waals surface area (Å²) in [5.41, 5.74) is 3.60. The van der Waals surface area contributed by atoms with E-state index in [1.807, 2.05) is 42.5 Å². The van der Waals surface area contributed by atoms with E-state index in [-0.39, 0.29) is 0 Å². The maximum atomic E-state index is 12.0. The standard InChI is InChI=1S/C23H22N2O4/c1-27-17-8-4-6-15(12-17)23(16-7-5-9-18(13-16)28-2)11-10-19-20(14-23)24-25-21(19)22(26)29-3/h4-13H,14H2,1-3H3,(H,24,25). The van der Waals surface area contributed by atoms with E-state index in [0.29, 0.717) is 12.1 Å². The van der Waals surface area contributed by atoms with Gasteiger partial charge < -0.3 is 14.2 Å². The number of methoxy groups -OCH3 is 3. The van der Waals surface area contributed by atoms with Crippen molar-refractivity contribution in [1.29, 1.82) is 0 Å². The number of nitrogens with one attached hydrogen (secondary N) is 1. The largest absolute Gasteiger partial charge is 0.497 e. The van der Waals surface area contributed by atoms with Crippen LogP contribution in [0, 0.1) is 0 Å². The van der Waals surface area contributed by atoms with Crippen LogP contribution in [0.2, 0.25) is 0 Å². The molecule has 6 heteroatoms. The van der Waals surface area contributed by atoms with Gasteiger partial charge in [0.05, 0.1) is 21.3 Å². The number of hydrogen-bond donors (Lipinski definition) is 1. The van der Waals surface area contributed by atoms with E-state index < -0.39 is 11.4 Å². The van der Waals surface area contributed by atoms with E-state index >= 15 is 0 Å². The van der Waals surface area contributed by atoms with Gasteiger partial charge in [-0.3, -0.25) is 5.10 Å². The van der Waals surface area contributed by atoms with Gasteiger partial charge in [0, 0.05) is 23.1 Å². The van der Waals surface area contributed by atoms with Crippen LogP contribution in [0.4, 0.5) is 0 Å². The van der Waals surface area contributed by atoms with Crippen molar-refractivity contribution in [2.45, 2.75) is 11.8 Å². The molecule has 29 heavy (non-hydrogen) atoms. The van der Waals surface area contributed by atoms with Crippen molar-refractivity contribution >= 4 is 12.0 Å². The van der Waals surface area contributed by atoms with Crippen LogP contribution in [0.3, 0.4) is 0 Å². The molecule has 0 spiro atoms. The first-order chi connectivity index (χ1) is 14.1. The quantitative estimate of drug-likeness (QED) is 0.672. The average molecular weight is 390 g/mol. The summed E-state index contributed by atoms with van der Waals surface area (Å²) in [5, 5.41) is 7.22. The van der Waals surface area contributed by atoms with Gasteiger partial charge in [0.2, 0.25) is 0 Å². The first kappa shape index (κ1) is 18.8. The fourth-order valence-corrected chi connectivity index (χ4v) is 3.88. The zero-order chi connectivity index (χ0) is 20.4. The highest BCUT2D eigenvalue weighted by molar-refractivity contribution is 5.92. The Kier molecular flexibility index (Phi) is 4.84. The van der Waals surface area contributed by atoms with Crippen LogP contribution in [0.5, 0.6) is 11.5 Å². The second-order valence-electron chi connectivity index (χ2n) is 6.90. The number of allylic oxidation sites excluding steroid dienone is 1. The van der Waals surface area contributed by atoms with Crippen molar-refractivity contribution in [2.24, 2.45) is 0 Å². The Labute approximate surface area is 169 Å². The Balaban J connectivity index is 1.90. The van der Waals surface area contributed by atoms with Gasteiger partial charge in [0.25, 0.3) is 0 Å². The van der Waals surface area contributed by atoms with Crippen LogP contribution < -0.4 is 9.47 Å². The van der Waals surface area contributed by atoms with Gasteiger partial charge in [0.1, 0.15) is 11.5 Å². The number of aromatic nitrogens is 2. The number of aromatic amines is 1. The highest BCUT2D eigenvalue weighted by atomic mass is 16.5. The molecule has 4 rings (SSSR count). The molecule has 1 aliphatic rings. The van der Waals surface area contributed by atoms with Crippen LogP contribution in [-0.2, 0) is 16.6 Å². The molecule has 0 saturated carbocycles. The minimum atomic E-state index is -0.476. The number of hydrogen-bond acceptors (Lipinski definition) is 5. The lowest BCUT2D eigenvalue weighted by atomic mass is 9.68. The summed E-state index contributed by atoms with van der Waals surface area (Å²) in [6.07, 6.45) is 4.65. The summed E-state index contributed by atoms with van der Waals surface area (Å²) < 4.78 is 15.8. The molecule has 0 atom stereocenters. The van der Waals surface area contributed by atoms with Gasteiger partial charge in [-0.05, 0) is 35.4 Å². The fourth-order valence-electron chi connectivity index (χ4n) is 3.88. The van der Waals surface area contributed by atoms with Crippen molar-refractivity contribution in [3.8, 4) is 11.5 Å². The molecule has 0 saturated heterocycles. The summed E-state index contributed by atoms with van der Waals surface area (Å²) in [6, 6.07) is 16.0. The number of ether oxygens (including phenoxy) is 3. The fraction of sp³-hybridized carbons (Fsp3) is 0.217. The Morgan fingerprint density at radius 1 is 1.00 bits per heavy atom. The molecule has 0 radical (unpaired) electrons. The molecule has 0 bridgehead atoms. The second kappa shape index (κ2) is 7.47. The van der Waals surface area contributed by atoms with Crippen LogP contribution in [0.15, 0.2) is 54.6 Å². The number of nitrogens with zero attached hydrogens (tertiary/aromatic N) is 1. The Hall–Kier alpha value is -3.54. The van der Waals surface area contributed by atoms with E-state index in [9.17, 15) is 4.79 Å². The van der Waals surface area contributed by atoms with Gasteiger partial charge in [-0.15, -0.1) is 0 Å². The summed E-state index contributed by atoms with van der Waals surface area (Å²) in [6.45, 7) is 0. The summed E-state index contributed by atoms with van der Waals surface area (Å²) in [4.78, 5) is 12.0. The van der Waals surface area contributed by atoms with E-state index in [2.05, 4.69) is 28.4 Å². The van der Waals surface area contributed by atoms with Crippen LogP contribution >= 0.6 is 0 Å². The lowest BCUT2D eigenvalue weighted by molar-refractivity contribution is 0.0593. The molecular formula is C23H22N2O4. The summed E-state index contributed by atoms with van der Waals surface area (Å²) in [7, 11) is 4.67. The van der Waals surface area contributed by atoms with E-state index in [1.54, 1.807) is 14.2 Å². The van der Waals surface area contributed by atoms with Crippen molar-refractivity contribution < 1.29 is 19.0 Å². The molecule has 0 amide bonds. The molecule has 148 valence electrons. The molecule has 1 aromatic heterocycles. The van der Waals surface area contributed by atoms with Gasteiger partial charge in [-0.25, -0.2) is 4.79 Å². The first-order valence-corrected chi connectivity index (χ1v) is 9.25. The summed E-state index contributed by atoms with van der Waals surface area (Å²) >= 11 is 0. The number of rotatable bonds is 5. The predicted molar refractivity (Wildman–Crippen MR) is 109 cm³/mol. The molecule has 6 nitrogen and oxygen atoms in total. The highest BCUT2D eigenvalue weighted by Crippen LogP contribution is 2.43. The van der Waals surface area contributed by atoms with Gasteiger partial charge in [0.15, 0.2) is 5.69 Å². The zero-order valence-corrected chi connectivity index (χ0v) is 16.6. The summed E-state index contributed by atoms with van der Waals surface area (Å²) in [5.74, 6) is 1.11. The number of carbonyl (C=O) groups excluding carboxylic acids is 1. The highest BCUT2D eigenvalue weighted by Gasteiger charge is 2.37. The van der Waals surface area contributed by atoms with E-state index in [1.165, 1.54) is 7.11 Å². The minimum Gasteiger partial charge on any atom is -0.497 e. The molecule has 1 aliphatic carbocycles. The van der Waals surface area contributed by atoms with E-state index in [0.717, 1.165) is 33.9 Å². The minimum absolute atomic E-state index is 0.295. The zero-order valence-electron chi connectivity index (χ0n) is 16.6. The topological polar surface area (TPSA) is 73.4 Å². The number of carbonyl (C=O) groups is 1. The third kappa shape index (κ3) is 3.16. The number of esters is 1. The lowest BCUT2D eigenvalue weighted by Crippen LogP contribution is -2.30. The van der Waals surface area contributed by atoms with Gasteiger partial charge in [-0.2, -0.15) is 5.10 Å². The SMILES string of the molecule is COC(=O)c1n[nH]c2c1C=CC(c1cccc(OC)c1)(c1cccc(OC)c1)C2. The molecule has 1 N–H and O–H groups in total. The third-order valence-corrected chi connectivity index (χ3v) is 5.42. The molecule has 1 heterocycles. The van der Waals surface area contributed by atoms with Crippen molar-refractivity contribution in [3.63, 3.8) is 0 Å². The van der Waals surface area contributed by atoms with Crippen LogP contribution in [0.1, 0.15) is 32.9 Å². The maximum Gasteiger partial charge on any atom is 0.359 e. The smallest absolute Gasteiger partial charge is 0.359 e. The Morgan fingerprint density at radius 3 is 2.17 bits per heavy atom. The van der Waals surface area contributed by atoms with Gasteiger partial charge >= 0.3 is 5.97 Å². The molecular weight excluding hydrogens is 368 g/mol. The van der Waals surface area contributed by atoms with Crippen molar-refractivity contribution in [2.75, 3.05) is 21.3 Å². The van der Waals surface area contributed by atoms with Crippen molar-refractivity contribution in [3.05, 3.63) is 82.7 Å². The second-order valence-corrected chi connectivity index (χ2v) is 6.90. The van der Waals surface area contributed by atoms with E-state index in [4.69, 9.17) is 14.2 Å². The maximum absolute atomic E-state index is 12.0. The lowest BCUT2D eigenvalue weighted by Gasteiger charge is -2.34. The molecule has 0 fully saturated rings. The van der Waals surface area contributed by atoms with Crippen LogP contribution in [0.25, 0.3) is 6.08 Å². The average Bonchev–Trinajstić information content (AvgIpc) is 3.21. The Morgan fingerprint density at radius 2 is 1.62 bits per heavy atom.